The Labute approximate surface area is 218 Å². The van der Waals surface area contributed by atoms with Crippen LogP contribution >= 0.6 is 0 Å². The van der Waals surface area contributed by atoms with E-state index in [4.69, 9.17) is 0 Å². The zero-order valence-corrected chi connectivity index (χ0v) is 24.1. The van der Waals surface area contributed by atoms with Crippen LogP contribution in [-0.4, -0.2) is 41.5 Å². The van der Waals surface area contributed by atoms with Gasteiger partial charge in [-0.2, -0.15) is 0 Å². The van der Waals surface area contributed by atoms with Crippen LogP contribution in [0.25, 0.3) is 0 Å². The average molecular weight is 582 g/mol. The number of amides is 1. The van der Waals surface area contributed by atoms with Crippen LogP contribution in [0.5, 0.6) is 0 Å². The summed E-state index contributed by atoms with van der Waals surface area (Å²) < 4.78 is 3.78. The molecule has 7 atom stereocenters. The molecule has 4 saturated carbocycles. The molecule has 4 unspecified atom stereocenters. The van der Waals surface area contributed by atoms with Crippen LogP contribution in [0.15, 0.2) is 0 Å². The minimum absolute atomic E-state index is 0.0866. The molecular formula is C29H48IN3O. The van der Waals surface area contributed by atoms with Crippen LogP contribution in [0.1, 0.15) is 117 Å². The second-order valence-electron chi connectivity index (χ2n) is 13.9. The minimum atomic E-state index is -0.447. The number of carbonyl (C=O) groups is 1. The second-order valence-corrected chi connectivity index (χ2v) is 17.0. The number of alkyl halides is 1. The summed E-state index contributed by atoms with van der Waals surface area (Å²) in [5.74, 6) is 4.35. The number of hydrogen-bond acceptors (Lipinski definition) is 2. The van der Waals surface area contributed by atoms with E-state index in [1.54, 1.807) is 0 Å². The van der Waals surface area contributed by atoms with Gasteiger partial charge in [0.05, 0.1) is 0 Å². The predicted molar refractivity (Wildman–Crippen MR) is 133 cm³/mol. The average Bonchev–Trinajstić information content (AvgIpc) is 3.37. The first-order chi connectivity index (χ1) is 16.3. The molecule has 2 saturated heterocycles. The van der Waals surface area contributed by atoms with E-state index >= 15 is 0 Å². The number of rotatable bonds is 5. The van der Waals surface area contributed by atoms with Gasteiger partial charge in [-0.05, 0) is 0 Å². The third-order valence-corrected chi connectivity index (χ3v) is 15.3. The van der Waals surface area contributed by atoms with E-state index in [0.29, 0.717) is 27.2 Å². The van der Waals surface area contributed by atoms with Gasteiger partial charge >= 0.3 is 219 Å². The van der Waals surface area contributed by atoms with Crippen molar-refractivity contribution in [2.75, 3.05) is 6.54 Å². The van der Waals surface area contributed by atoms with Crippen LogP contribution in [0, 0.1) is 34.5 Å². The number of hydrogen-bond donors (Lipinski definition) is 1. The van der Waals surface area contributed by atoms with Crippen LogP contribution < -0.4 is 21.5 Å². The molecule has 0 aromatic rings. The second kappa shape index (κ2) is 8.70. The van der Waals surface area contributed by atoms with Gasteiger partial charge in [0.25, 0.3) is 0 Å². The van der Waals surface area contributed by atoms with Gasteiger partial charge in [0.15, 0.2) is 0 Å². The maximum absolute atomic E-state index is 13.8. The Kier molecular flexibility index (Phi) is 6.19. The Bertz CT molecular complexity index is 837. The first-order valence-corrected chi connectivity index (χ1v) is 16.9. The van der Waals surface area contributed by atoms with Gasteiger partial charge in [-0.3, -0.25) is 0 Å². The molecule has 4 nitrogen and oxygen atoms in total. The quantitative estimate of drug-likeness (QED) is 0.175. The Morgan fingerprint density at radius 2 is 1.82 bits per heavy atom. The van der Waals surface area contributed by atoms with Crippen molar-refractivity contribution < 1.29 is 30.8 Å². The summed E-state index contributed by atoms with van der Waals surface area (Å²) in [7, 11) is 0. The van der Waals surface area contributed by atoms with E-state index in [1.807, 2.05) is 0 Å². The summed E-state index contributed by atoms with van der Waals surface area (Å²) in [6, 6.07) is 0.544. The summed E-state index contributed by atoms with van der Waals surface area (Å²) in [4.78, 5) is 13.8. The topological polar surface area (TPSA) is 44.2 Å². The van der Waals surface area contributed by atoms with Crippen molar-refractivity contribution in [3.05, 3.63) is 0 Å². The molecule has 5 heteroatoms. The third kappa shape index (κ3) is 3.59. The Morgan fingerprint density at radius 1 is 1.06 bits per heavy atom. The fourth-order valence-corrected chi connectivity index (χ4v) is 14.2. The molecule has 0 radical (unpaired) electrons. The molecule has 6 rings (SSSR count). The fourth-order valence-electron chi connectivity index (χ4n) is 10.1. The van der Waals surface area contributed by atoms with Gasteiger partial charge in [0, 0.05) is 0 Å². The first-order valence-electron chi connectivity index (χ1n) is 14.7. The van der Waals surface area contributed by atoms with Crippen molar-refractivity contribution in [1.82, 2.24) is 3.11 Å². The molecule has 0 aromatic heterocycles. The van der Waals surface area contributed by atoms with Crippen molar-refractivity contribution in [2.24, 2.45) is 29.1 Å². The first kappa shape index (κ1) is 24.2. The zero-order chi connectivity index (χ0) is 23.7. The number of fused-ring (bicyclic) bond motifs is 3. The van der Waals surface area contributed by atoms with E-state index < -0.39 is 21.5 Å². The molecule has 2 aliphatic heterocycles. The van der Waals surface area contributed by atoms with E-state index in [2.05, 4.69) is 23.9 Å². The van der Waals surface area contributed by atoms with E-state index in [-0.39, 0.29) is 5.54 Å². The molecule has 6 aliphatic rings. The van der Waals surface area contributed by atoms with Crippen LogP contribution in [0.2, 0.25) is 0 Å². The van der Waals surface area contributed by atoms with Gasteiger partial charge in [0.1, 0.15) is 0 Å². The SMILES string of the molecule is CC1CCCCC23CC(=O)N([I-][C@@H]4CC[C@H]5C[C@@H]4C(C)(C)C5)C(=N)[N+]2(CCC2CCCCC2)C13. The Balaban J connectivity index is 1.27. The molecule has 34 heavy (non-hydrogen) atoms. The van der Waals surface area contributed by atoms with Crippen molar-refractivity contribution in [3.8, 4) is 0 Å². The molecule has 2 bridgehead atoms. The number of carbonyl (C=O) groups excluding carboxylic acids is 1. The molecule has 4 aliphatic carbocycles. The molecule has 192 valence electrons. The fraction of sp³-hybridized carbons (Fsp3) is 0.931. The molecule has 6 fully saturated rings. The molecule has 1 spiro atoms. The number of quaternary nitrogens is 1. The van der Waals surface area contributed by atoms with Gasteiger partial charge < -0.3 is 0 Å². The third-order valence-electron chi connectivity index (χ3n) is 11.6. The van der Waals surface area contributed by atoms with Gasteiger partial charge in [-0.1, -0.05) is 0 Å². The van der Waals surface area contributed by atoms with Crippen molar-refractivity contribution >= 4 is 11.9 Å². The van der Waals surface area contributed by atoms with Crippen molar-refractivity contribution in [1.29, 1.82) is 5.41 Å². The number of guanidine groups is 1. The predicted octanol–water partition coefficient (Wildman–Crippen LogP) is 3.49. The van der Waals surface area contributed by atoms with Crippen LogP contribution in [0.4, 0.5) is 0 Å². The van der Waals surface area contributed by atoms with E-state index in [9.17, 15) is 10.2 Å². The summed E-state index contributed by atoms with van der Waals surface area (Å²) in [5, 5.41) is 9.70. The van der Waals surface area contributed by atoms with E-state index in [0.717, 1.165) is 41.2 Å². The maximum atomic E-state index is 13.8. The Hall–Kier alpha value is -0.170. The summed E-state index contributed by atoms with van der Waals surface area (Å²) >= 11 is -0.447. The summed E-state index contributed by atoms with van der Waals surface area (Å²) in [6.07, 6.45) is 19.6. The van der Waals surface area contributed by atoms with Gasteiger partial charge in [-0.25, -0.2) is 0 Å². The van der Waals surface area contributed by atoms with Gasteiger partial charge in [-0.15, -0.1) is 0 Å². The van der Waals surface area contributed by atoms with Crippen molar-refractivity contribution in [2.45, 2.75) is 133 Å². The zero-order valence-electron chi connectivity index (χ0n) is 22.0. The standard InChI is InChI=1S/C29H48IN3O/c1-20-9-7-8-15-29-19-25(34)32(30-24-13-12-22-17-23(24)28(2,3)18-22)27(31)33(29,26(20)29)16-14-21-10-5-4-6-11-21/h20-24,26,31H,4-19H2,1-3H3/t20?,22-,23-,24+,26?,29?,33?/m0/s1. The molecular weight excluding hydrogens is 533 g/mol. The number of nitrogens with one attached hydrogen (secondary N) is 1. The van der Waals surface area contributed by atoms with Crippen LogP contribution in [-0.2, 0) is 4.79 Å². The molecule has 2 heterocycles. The molecule has 1 N–H and O–H groups in total. The van der Waals surface area contributed by atoms with Crippen LogP contribution in [0.3, 0.4) is 0 Å². The Morgan fingerprint density at radius 3 is 2.62 bits per heavy atom. The van der Waals surface area contributed by atoms with Crippen molar-refractivity contribution in [3.63, 3.8) is 0 Å². The van der Waals surface area contributed by atoms with Gasteiger partial charge in [0.2, 0.25) is 0 Å². The number of halogens is 1. The van der Waals surface area contributed by atoms with E-state index in [1.165, 1.54) is 89.9 Å². The normalized spacial score (nSPS) is 46.2. The monoisotopic (exact) mass is 581 g/mol. The molecule has 0 aromatic carbocycles. The molecule has 1 amide bonds. The summed E-state index contributed by atoms with van der Waals surface area (Å²) in [5.41, 5.74) is 0.518. The summed E-state index contributed by atoms with van der Waals surface area (Å²) in [6.45, 7) is 8.57. The number of nitrogens with zero attached hydrogens (tertiary/aromatic N) is 2.